The van der Waals surface area contributed by atoms with Gasteiger partial charge >= 0.3 is 0 Å². The first-order chi connectivity index (χ1) is 8.22. The lowest BCUT2D eigenvalue weighted by atomic mass is 10.1. The second-order valence-electron chi connectivity index (χ2n) is 3.31. The van der Waals surface area contributed by atoms with Crippen molar-refractivity contribution in [3.05, 3.63) is 41.5 Å². The minimum absolute atomic E-state index is 0.0694. The zero-order valence-electron chi connectivity index (χ0n) is 9.92. The van der Waals surface area contributed by atoms with Gasteiger partial charge in [-0.15, -0.1) is 0 Å². The van der Waals surface area contributed by atoms with Crippen LogP contribution in [0, 0.1) is 0 Å². The molecule has 0 fully saturated rings. The van der Waals surface area contributed by atoms with Gasteiger partial charge in [-0.25, -0.2) is 5.06 Å². The molecule has 0 aliphatic heterocycles. The Morgan fingerprint density at radius 3 is 2.47 bits per heavy atom. The number of nitrogens with zero attached hydrogens (tertiary/aromatic N) is 1. The summed E-state index contributed by atoms with van der Waals surface area (Å²) in [6.45, 7) is 2.15. The Morgan fingerprint density at radius 2 is 2.00 bits per heavy atom. The third-order valence-corrected chi connectivity index (χ3v) is 2.23. The normalized spacial score (nSPS) is 11.1. The Morgan fingerprint density at radius 1 is 1.35 bits per heavy atom. The summed E-state index contributed by atoms with van der Waals surface area (Å²) in [5.41, 5.74) is 0.870. The number of hydrogen-bond donors (Lipinski definition) is 0. The maximum absolute atomic E-state index is 11.8. The van der Waals surface area contributed by atoms with Crippen LogP contribution in [0.2, 0.25) is 0 Å². The summed E-state index contributed by atoms with van der Waals surface area (Å²) < 4.78 is 0. The topological polar surface area (TPSA) is 46.6 Å². The van der Waals surface area contributed by atoms with Gasteiger partial charge in [-0.3, -0.25) is 14.4 Å². The lowest BCUT2D eigenvalue weighted by Gasteiger charge is -2.16. The number of likely N-dealkylation sites (N-methyl/N-ethyl adjacent to an activating group) is 1. The van der Waals surface area contributed by atoms with E-state index in [1.807, 2.05) is 30.3 Å². The Hall–Kier alpha value is -1.94. The molecule has 17 heavy (non-hydrogen) atoms. The molecule has 0 unspecified atom stereocenters. The smallest absolute Gasteiger partial charge is 0.280 e. The van der Waals surface area contributed by atoms with Crippen LogP contribution >= 0.6 is 0 Å². The van der Waals surface area contributed by atoms with E-state index in [0.29, 0.717) is 12.8 Å². The maximum atomic E-state index is 11.8. The van der Waals surface area contributed by atoms with Crippen molar-refractivity contribution in [1.82, 2.24) is 5.06 Å². The highest BCUT2D eigenvalue weighted by Gasteiger charge is 2.15. The minimum Gasteiger partial charge on any atom is -0.298 e. The van der Waals surface area contributed by atoms with Crippen LogP contribution in [0.5, 0.6) is 0 Å². The molecule has 0 N–H and O–H groups in total. The van der Waals surface area contributed by atoms with Crippen LogP contribution < -0.4 is 0 Å². The van der Waals surface area contributed by atoms with Gasteiger partial charge in [0, 0.05) is 6.54 Å². The quantitative estimate of drug-likeness (QED) is 0.255. The molecule has 1 aromatic rings. The highest BCUT2D eigenvalue weighted by atomic mass is 16.7. The van der Waals surface area contributed by atoms with Crippen LogP contribution in [0.4, 0.5) is 0 Å². The van der Waals surface area contributed by atoms with Gasteiger partial charge in [-0.05, 0) is 18.6 Å². The first kappa shape index (κ1) is 13.1. The van der Waals surface area contributed by atoms with E-state index in [1.54, 1.807) is 6.92 Å². The summed E-state index contributed by atoms with van der Waals surface area (Å²) in [5, 5.41) is 1.13. The van der Waals surface area contributed by atoms with Crippen molar-refractivity contribution in [1.29, 1.82) is 0 Å². The van der Waals surface area contributed by atoms with Crippen LogP contribution in [0.1, 0.15) is 12.5 Å². The maximum Gasteiger partial charge on any atom is 0.280 e. The molecule has 1 rings (SSSR count). The Labute approximate surface area is 100 Å². The van der Waals surface area contributed by atoms with Crippen molar-refractivity contribution in [3.8, 4) is 0 Å². The molecule has 0 aromatic heterocycles. The molecule has 1 aromatic carbocycles. The molecule has 4 nitrogen and oxygen atoms in total. The number of hydrogen-bond acceptors (Lipinski definition) is 3. The highest BCUT2D eigenvalue weighted by molar-refractivity contribution is 6.13. The Balaban J connectivity index is 2.96. The second kappa shape index (κ2) is 6.60. The lowest BCUT2D eigenvalue weighted by molar-refractivity contribution is -0.170. The van der Waals surface area contributed by atoms with E-state index in [1.165, 1.54) is 13.2 Å². The number of aldehydes is 1. The molecule has 0 saturated heterocycles. The van der Waals surface area contributed by atoms with E-state index in [2.05, 4.69) is 0 Å². The molecule has 4 heteroatoms. The van der Waals surface area contributed by atoms with Crippen molar-refractivity contribution in [2.75, 3.05) is 13.7 Å². The fourth-order valence-electron chi connectivity index (χ4n) is 1.37. The van der Waals surface area contributed by atoms with Crippen molar-refractivity contribution in [2.24, 2.45) is 0 Å². The first-order valence-electron chi connectivity index (χ1n) is 5.30. The number of carbonyl (C=O) groups excluding carboxylic acids is 2. The first-order valence-corrected chi connectivity index (χ1v) is 5.30. The summed E-state index contributed by atoms with van der Waals surface area (Å²) in [7, 11) is 1.40. The number of benzene rings is 1. The van der Waals surface area contributed by atoms with Crippen LogP contribution in [0.15, 0.2) is 35.9 Å². The average Bonchev–Trinajstić information content (AvgIpc) is 2.38. The molecular weight excluding hydrogens is 218 g/mol. The Kier molecular flexibility index (Phi) is 5.10. The van der Waals surface area contributed by atoms with Crippen molar-refractivity contribution in [3.63, 3.8) is 0 Å². The van der Waals surface area contributed by atoms with E-state index in [0.717, 1.165) is 10.6 Å². The molecule has 90 valence electrons. The van der Waals surface area contributed by atoms with Gasteiger partial charge in [-0.2, -0.15) is 0 Å². The largest absolute Gasteiger partial charge is 0.298 e. The Bertz CT molecular complexity index is 408. The van der Waals surface area contributed by atoms with Crippen molar-refractivity contribution < 1.29 is 14.4 Å². The zero-order valence-corrected chi connectivity index (χ0v) is 9.92. The summed E-state index contributed by atoms with van der Waals surface area (Å²) in [4.78, 5) is 27.6. The molecule has 0 radical (unpaired) electrons. The SMILES string of the molecule is CCN(OC)C(=O)C(C=O)=Cc1ccccc1. The third kappa shape index (κ3) is 3.53. The van der Waals surface area contributed by atoms with Gasteiger partial charge in [0.25, 0.3) is 5.91 Å². The van der Waals surface area contributed by atoms with E-state index in [4.69, 9.17) is 4.84 Å². The second-order valence-corrected chi connectivity index (χ2v) is 3.31. The molecule has 0 atom stereocenters. The van der Waals surface area contributed by atoms with E-state index in [-0.39, 0.29) is 5.57 Å². The van der Waals surface area contributed by atoms with Crippen LogP contribution in [-0.4, -0.2) is 30.9 Å². The number of hydroxylamine groups is 2. The molecule has 0 heterocycles. The third-order valence-electron chi connectivity index (χ3n) is 2.23. The molecule has 1 amide bonds. The summed E-state index contributed by atoms with van der Waals surface area (Å²) in [6, 6.07) is 9.19. The van der Waals surface area contributed by atoms with Crippen molar-refractivity contribution >= 4 is 18.3 Å². The number of rotatable bonds is 5. The summed E-state index contributed by atoms with van der Waals surface area (Å²) >= 11 is 0. The minimum atomic E-state index is -0.436. The standard InChI is InChI=1S/C13H15NO3/c1-3-14(17-2)13(16)12(10-15)9-11-7-5-4-6-8-11/h4-10H,3H2,1-2H3. The van der Waals surface area contributed by atoms with Gasteiger partial charge < -0.3 is 0 Å². The van der Waals surface area contributed by atoms with Crippen LogP contribution in [0.3, 0.4) is 0 Å². The van der Waals surface area contributed by atoms with Crippen molar-refractivity contribution in [2.45, 2.75) is 6.92 Å². The van der Waals surface area contributed by atoms with Gasteiger partial charge in [0.2, 0.25) is 0 Å². The highest BCUT2D eigenvalue weighted by Crippen LogP contribution is 2.08. The number of carbonyl (C=O) groups is 2. The molecule has 0 saturated carbocycles. The van der Waals surface area contributed by atoms with Gasteiger partial charge in [-0.1, -0.05) is 30.3 Å². The molecular formula is C13H15NO3. The van der Waals surface area contributed by atoms with Crippen LogP contribution in [-0.2, 0) is 14.4 Å². The fourth-order valence-corrected chi connectivity index (χ4v) is 1.37. The molecule has 0 spiro atoms. The van der Waals surface area contributed by atoms with Crippen LogP contribution in [0.25, 0.3) is 6.08 Å². The zero-order chi connectivity index (χ0) is 12.7. The van der Waals surface area contributed by atoms with E-state index >= 15 is 0 Å². The fraction of sp³-hybridized carbons (Fsp3) is 0.231. The lowest BCUT2D eigenvalue weighted by Crippen LogP contribution is -2.31. The average molecular weight is 233 g/mol. The predicted octanol–water partition coefficient (Wildman–Crippen LogP) is 1.68. The van der Waals surface area contributed by atoms with Gasteiger partial charge in [0.15, 0.2) is 6.29 Å². The molecule has 0 aliphatic rings. The van der Waals surface area contributed by atoms with E-state index in [9.17, 15) is 9.59 Å². The molecule has 0 aliphatic carbocycles. The monoisotopic (exact) mass is 233 g/mol. The summed E-state index contributed by atoms with van der Waals surface area (Å²) in [6.07, 6.45) is 2.08. The predicted molar refractivity (Wildman–Crippen MR) is 64.9 cm³/mol. The number of amides is 1. The summed E-state index contributed by atoms with van der Waals surface area (Å²) in [5.74, 6) is -0.436. The molecule has 0 bridgehead atoms. The van der Waals surface area contributed by atoms with Gasteiger partial charge in [0.05, 0.1) is 12.7 Å². The van der Waals surface area contributed by atoms with Gasteiger partial charge in [0.1, 0.15) is 0 Å². The van der Waals surface area contributed by atoms with E-state index < -0.39 is 5.91 Å².